The van der Waals surface area contributed by atoms with Crippen molar-refractivity contribution in [1.82, 2.24) is 4.90 Å². The molecule has 0 amide bonds. The molecule has 0 heterocycles. The molecule has 1 unspecified atom stereocenters. The lowest BCUT2D eigenvalue weighted by Crippen LogP contribution is -2.43. The van der Waals surface area contributed by atoms with Crippen LogP contribution in [0.5, 0.6) is 0 Å². The Bertz CT molecular complexity index is 669. The number of hydrogen-bond acceptors (Lipinski definition) is 4. The highest BCUT2D eigenvalue weighted by molar-refractivity contribution is 5.86. The van der Waals surface area contributed by atoms with Gasteiger partial charge in [-0.2, -0.15) is 0 Å². The number of hydrogen-bond donors (Lipinski definition) is 0. The van der Waals surface area contributed by atoms with Gasteiger partial charge in [0.15, 0.2) is 0 Å². The van der Waals surface area contributed by atoms with Gasteiger partial charge >= 0.3 is 5.97 Å². The Morgan fingerprint density at radius 1 is 0.966 bits per heavy atom. The molecule has 0 saturated carbocycles. The molecule has 0 aliphatic carbocycles. The second-order valence-electron chi connectivity index (χ2n) is 6.87. The van der Waals surface area contributed by atoms with Crippen LogP contribution in [0.25, 0.3) is 0 Å². The number of likely N-dealkylation sites (N-methyl/N-ethyl adjacent to an activating group) is 1. The maximum Gasteiger partial charge on any atom is 0.347 e. The number of benzene rings is 2. The summed E-state index contributed by atoms with van der Waals surface area (Å²) in [5.74, 6) is -0.369. The zero-order valence-electron chi connectivity index (χ0n) is 18.0. The molecule has 2 rings (SSSR count). The van der Waals surface area contributed by atoms with Crippen molar-refractivity contribution >= 4 is 18.4 Å². The molecule has 0 bridgehead atoms. The molecule has 0 N–H and O–H groups in total. The lowest BCUT2D eigenvalue weighted by atomic mass is 9.86. The van der Waals surface area contributed by atoms with Crippen LogP contribution in [0.4, 0.5) is 0 Å². The maximum absolute atomic E-state index is 13.4. The van der Waals surface area contributed by atoms with Crippen LogP contribution in [-0.2, 0) is 19.9 Å². The van der Waals surface area contributed by atoms with Gasteiger partial charge in [0.2, 0.25) is 5.60 Å². The van der Waals surface area contributed by atoms with Gasteiger partial charge in [0.05, 0.1) is 0 Å². The summed E-state index contributed by atoms with van der Waals surface area (Å²) in [7, 11) is 0. The van der Waals surface area contributed by atoms with Gasteiger partial charge in [-0.3, -0.25) is 4.90 Å². The van der Waals surface area contributed by atoms with Crippen molar-refractivity contribution < 1.29 is 14.3 Å². The van der Waals surface area contributed by atoms with E-state index in [2.05, 4.69) is 25.7 Å². The van der Waals surface area contributed by atoms with E-state index in [9.17, 15) is 4.79 Å². The van der Waals surface area contributed by atoms with Gasteiger partial charge in [-0.05, 0) is 37.9 Å². The topological polar surface area (TPSA) is 38.8 Å². The van der Waals surface area contributed by atoms with E-state index in [4.69, 9.17) is 9.47 Å². The zero-order chi connectivity index (χ0) is 20.4. The lowest BCUT2D eigenvalue weighted by Gasteiger charge is -2.33. The number of ether oxygens (including phenoxy) is 2. The molecule has 5 heteroatoms. The Morgan fingerprint density at radius 3 is 1.90 bits per heavy atom. The van der Waals surface area contributed by atoms with Crippen LogP contribution in [0, 0.1) is 0 Å². The number of esters is 1. The highest BCUT2D eigenvalue weighted by Gasteiger charge is 2.44. The summed E-state index contributed by atoms with van der Waals surface area (Å²) in [4.78, 5) is 15.7. The summed E-state index contributed by atoms with van der Waals surface area (Å²) in [5, 5.41) is 0. The summed E-state index contributed by atoms with van der Waals surface area (Å²) >= 11 is 0. The van der Waals surface area contributed by atoms with Crippen LogP contribution in [0.3, 0.4) is 0 Å². The molecule has 0 spiro atoms. The van der Waals surface area contributed by atoms with Crippen molar-refractivity contribution in [2.45, 2.75) is 45.8 Å². The predicted octanol–water partition coefficient (Wildman–Crippen LogP) is 5.05. The highest BCUT2D eigenvalue weighted by atomic mass is 35.5. The van der Waals surface area contributed by atoms with Gasteiger partial charge in [0.1, 0.15) is 6.61 Å². The van der Waals surface area contributed by atoms with E-state index < -0.39 is 5.60 Å². The Hall–Kier alpha value is -1.88. The first-order chi connectivity index (χ1) is 13.6. The molecular weight excluding hydrogens is 386 g/mol. The number of rotatable bonds is 11. The molecule has 2 aromatic carbocycles. The molecule has 1 atom stereocenters. The Morgan fingerprint density at radius 2 is 1.48 bits per heavy atom. The second-order valence-corrected chi connectivity index (χ2v) is 6.87. The van der Waals surface area contributed by atoms with Gasteiger partial charge in [0.25, 0.3) is 0 Å². The fourth-order valence-electron chi connectivity index (χ4n) is 3.50. The minimum absolute atomic E-state index is 0. The zero-order valence-corrected chi connectivity index (χ0v) is 18.8. The Kier molecular flexibility index (Phi) is 11.0. The molecule has 0 aliphatic rings. The van der Waals surface area contributed by atoms with Gasteiger partial charge in [0, 0.05) is 19.2 Å². The molecule has 0 aliphatic heterocycles. The van der Waals surface area contributed by atoms with Gasteiger partial charge in [-0.1, -0.05) is 74.5 Å². The Balaban J connectivity index is 0.00000420. The minimum Gasteiger partial charge on any atom is -0.462 e. The summed E-state index contributed by atoms with van der Waals surface area (Å²) in [6.45, 7) is 10.8. The summed E-state index contributed by atoms with van der Waals surface area (Å²) < 4.78 is 11.9. The summed E-state index contributed by atoms with van der Waals surface area (Å²) in [5.41, 5.74) is 0.301. The van der Waals surface area contributed by atoms with E-state index in [0.717, 1.165) is 24.1 Å². The van der Waals surface area contributed by atoms with Crippen molar-refractivity contribution in [3.05, 3.63) is 71.8 Å². The molecule has 0 saturated heterocycles. The van der Waals surface area contributed by atoms with Gasteiger partial charge < -0.3 is 9.47 Å². The average molecular weight is 420 g/mol. The molecule has 4 nitrogen and oxygen atoms in total. The quantitative estimate of drug-likeness (QED) is 0.477. The molecule has 29 heavy (non-hydrogen) atoms. The van der Waals surface area contributed by atoms with E-state index in [0.29, 0.717) is 25.8 Å². The van der Waals surface area contributed by atoms with Crippen molar-refractivity contribution in [2.24, 2.45) is 0 Å². The van der Waals surface area contributed by atoms with E-state index in [1.165, 1.54) is 0 Å². The van der Waals surface area contributed by atoms with Crippen LogP contribution in [-0.4, -0.2) is 43.2 Å². The maximum atomic E-state index is 13.4. The SMILES string of the molecule is CCOC(C(=O)OCCN(CC)C(C)CC)(c1ccccc1)c1ccccc1.Cl. The third-order valence-electron chi connectivity index (χ3n) is 5.24. The summed E-state index contributed by atoms with van der Waals surface area (Å²) in [6, 6.07) is 19.7. The standard InChI is InChI=1S/C24H33NO3.ClH/c1-5-20(4)25(6-2)18-19-27-23(26)24(28-7-3,21-14-10-8-11-15-21)22-16-12-9-13-17-22;/h8-17,20H,5-7,18-19H2,1-4H3;1H. The summed E-state index contributed by atoms with van der Waals surface area (Å²) in [6.07, 6.45) is 1.07. The molecule has 2 aromatic rings. The monoisotopic (exact) mass is 419 g/mol. The molecular formula is C24H34ClNO3. The highest BCUT2D eigenvalue weighted by Crippen LogP contribution is 2.35. The number of halogens is 1. The first kappa shape index (κ1) is 25.2. The van der Waals surface area contributed by atoms with Crippen molar-refractivity contribution in [1.29, 1.82) is 0 Å². The smallest absolute Gasteiger partial charge is 0.347 e. The Labute approximate surface area is 181 Å². The fraction of sp³-hybridized carbons (Fsp3) is 0.458. The van der Waals surface area contributed by atoms with E-state index in [1.54, 1.807) is 0 Å². The van der Waals surface area contributed by atoms with Crippen molar-refractivity contribution in [3.8, 4) is 0 Å². The fourth-order valence-corrected chi connectivity index (χ4v) is 3.50. The average Bonchev–Trinajstić information content (AvgIpc) is 2.75. The minimum atomic E-state index is -1.26. The molecule has 160 valence electrons. The number of carbonyl (C=O) groups excluding carboxylic acids is 1. The third-order valence-corrected chi connectivity index (χ3v) is 5.24. The van der Waals surface area contributed by atoms with Gasteiger partial charge in [-0.25, -0.2) is 4.79 Å². The molecule has 0 fully saturated rings. The molecule has 0 aromatic heterocycles. The second kappa shape index (κ2) is 12.6. The predicted molar refractivity (Wildman–Crippen MR) is 120 cm³/mol. The van der Waals surface area contributed by atoms with E-state index in [1.807, 2.05) is 67.6 Å². The first-order valence-electron chi connectivity index (χ1n) is 10.3. The largest absolute Gasteiger partial charge is 0.462 e. The van der Waals surface area contributed by atoms with Crippen LogP contribution >= 0.6 is 12.4 Å². The third kappa shape index (κ3) is 6.05. The first-order valence-corrected chi connectivity index (χ1v) is 10.3. The van der Waals surface area contributed by atoms with Crippen LogP contribution in [0.1, 0.15) is 45.2 Å². The number of carbonyl (C=O) groups is 1. The van der Waals surface area contributed by atoms with Crippen molar-refractivity contribution in [3.63, 3.8) is 0 Å². The van der Waals surface area contributed by atoms with E-state index in [-0.39, 0.29) is 18.4 Å². The lowest BCUT2D eigenvalue weighted by molar-refractivity contribution is -0.168. The van der Waals surface area contributed by atoms with Crippen LogP contribution in [0.2, 0.25) is 0 Å². The molecule has 0 radical (unpaired) electrons. The van der Waals surface area contributed by atoms with Gasteiger partial charge in [-0.15, -0.1) is 12.4 Å². The van der Waals surface area contributed by atoms with Crippen LogP contribution in [0.15, 0.2) is 60.7 Å². The van der Waals surface area contributed by atoms with E-state index >= 15 is 0 Å². The normalized spacial score (nSPS) is 12.3. The van der Waals surface area contributed by atoms with Crippen molar-refractivity contribution in [2.75, 3.05) is 26.3 Å². The van der Waals surface area contributed by atoms with Crippen LogP contribution < -0.4 is 0 Å². The number of nitrogens with zero attached hydrogens (tertiary/aromatic N) is 1.